The molecular formula is C49H76O9. The van der Waals surface area contributed by atoms with Crippen LogP contribution in [-0.4, -0.2) is 89.6 Å². The highest BCUT2D eigenvalue weighted by Crippen LogP contribution is 2.22. The molecule has 1 rings (SSSR count). The summed E-state index contributed by atoms with van der Waals surface area (Å²) in [5, 5.41) is 40.1. The summed E-state index contributed by atoms with van der Waals surface area (Å²) in [5.74, 6) is -0.456. The molecular weight excluding hydrogens is 733 g/mol. The van der Waals surface area contributed by atoms with E-state index in [0.29, 0.717) is 13.0 Å². The van der Waals surface area contributed by atoms with E-state index in [0.717, 1.165) is 89.9 Å². The minimum absolute atomic E-state index is 0.0714. The quantitative estimate of drug-likeness (QED) is 0.0285. The number of ether oxygens (including phenoxy) is 4. The highest BCUT2D eigenvalue weighted by molar-refractivity contribution is 5.71. The molecule has 0 aromatic heterocycles. The van der Waals surface area contributed by atoms with Crippen LogP contribution < -0.4 is 0 Å². The van der Waals surface area contributed by atoms with Crippen LogP contribution in [0.2, 0.25) is 0 Å². The molecule has 326 valence electrons. The highest BCUT2D eigenvalue weighted by atomic mass is 16.7. The van der Waals surface area contributed by atoms with Gasteiger partial charge in [-0.05, 0) is 83.5 Å². The number of carbonyl (C=O) groups excluding carboxylic acids is 1. The predicted octanol–water partition coefficient (Wildman–Crippen LogP) is 9.57. The standard InChI is InChI=1S/C49H76O9/c1-3-5-7-9-11-13-15-17-19-20-21-22-23-25-27-29-31-33-35-37-39-55-41-43(42-56-49-48(54)47(53)46(52)44(40-50)58-49)57-45(51)38-36-34-32-30-28-26-24-18-16-14-12-10-8-6-4-2/h5-8,11-14,17-19,21-22,24-25,27-28,30,34,36,43-44,46-50,52-54H,3-4,9-10,15-16,20,23,26,29,31-33,35,37-42H2,1-2H3/b7-5-,8-6-,13-11-,14-12-,19-17-,22-21-,24-18-,27-25-,30-28-,36-34-. The third-order valence-electron chi connectivity index (χ3n) is 8.91. The fourth-order valence-corrected chi connectivity index (χ4v) is 5.59. The number of carbonyl (C=O) groups is 1. The van der Waals surface area contributed by atoms with Gasteiger partial charge in [-0.15, -0.1) is 0 Å². The highest BCUT2D eigenvalue weighted by Gasteiger charge is 2.44. The smallest absolute Gasteiger partial charge is 0.310 e. The summed E-state index contributed by atoms with van der Waals surface area (Å²) in [6.07, 6.45) is 49.6. The molecule has 58 heavy (non-hydrogen) atoms. The van der Waals surface area contributed by atoms with Gasteiger partial charge in [0.1, 0.15) is 30.5 Å². The zero-order valence-electron chi connectivity index (χ0n) is 35.5. The van der Waals surface area contributed by atoms with Gasteiger partial charge in [-0.3, -0.25) is 4.79 Å². The van der Waals surface area contributed by atoms with Crippen molar-refractivity contribution in [2.45, 2.75) is 153 Å². The molecule has 0 spiro atoms. The molecule has 1 heterocycles. The fourth-order valence-electron chi connectivity index (χ4n) is 5.59. The summed E-state index contributed by atoms with van der Waals surface area (Å²) in [5.41, 5.74) is 0. The van der Waals surface area contributed by atoms with Crippen LogP contribution >= 0.6 is 0 Å². The number of allylic oxidation sites excluding steroid dienone is 19. The van der Waals surface area contributed by atoms with Gasteiger partial charge in [-0.1, -0.05) is 148 Å². The molecule has 0 aromatic rings. The Labute approximate surface area is 350 Å². The zero-order chi connectivity index (χ0) is 42.2. The Morgan fingerprint density at radius 3 is 1.48 bits per heavy atom. The first kappa shape index (κ1) is 52.6. The van der Waals surface area contributed by atoms with Crippen LogP contribution in [0.5, 0.6) is 0 Å². The van der Waals surface area contributed by atoms with E-state index in [-0.39, 0.29) is 19.6 Å². The fraction of sp³-hybridized carbons (Fsp3) is 0.571. The third kappa shape index (κ3) is 29.8. The molecule has 0 radical (unpaired) electrons. The maximum absolute atomic E-state index is 12.7. The second-order valence-corrected chi connectivity index (χ2v) is 14.0. The van der Waals surface area contributed by atoms with E-state index in [1.54, 1.807) is 6.08 Å². The summed E-state index contributed by atoms with van der Waals surface area (Å²) in [6.45, 7) is 4.10. The molecule has 1 aliphatic heterocycles. The van der Waals surface area contributed by atoms with Crippen molar-refractivity contribution >= 4 is 5.97 Å². The Morgan fingerprint density at radius 2 is 1.00 bits per heavy atom. The Morgan fingerprint density at radius 1 is 0.552 bits per heavy atom. The average molecular weight is 809 g/mol. The Kier molecular flexibility index (Phi) is 35.4. The summed E-state index contributed by atoms with van der Waals surface area (Å²) >= 11 is 0. The third-order valence-corrected chi connectivity index (χ3v) is 8.91. The number of aliphatic hydroxyl groups excluding tert-OH is 4. The van der Waals surface area contributed by atoms with Gasteiger partial charge in [0, 0.05) is 6.61 Å². The van der Waals surface area contributed by atoms with Crippen molar-refractivity contribution in [3.05, 3.63) is 122 Å². The SMILES string of the molecule is CC/C=C\C/C=C\C/C=C\C/C=C\C/C=C\CCCCCCOCC(COC1OC(CO)C(O)C(O)C1O)OC(=O)C/C=C\C/C=C\C/C=C\C/C=C\C/C=C\CC. The molecule has 6 atom stereocenters. The monoisotopic (exact) mass is 809 g/mol. The maximum atomic E-state index is 12.7. The van der Waals surface area contributed by atoms with Gasteiger partial charge in [-0.2, -0.15) is 0 Å². The molecule has 4 N–H and O–H groups in total. The molecule has 6 unspecified atom stereocenters. The number of rotatable bonds is 34. The Bertz CT molecular complexity index is 1290. The summed E-state index contributed by atoms with van der Waals surface area (Å²) in [4.78, 5) is 12.7. The number of esters is 1. The average Bonchev–Trinajstić information content (AvgIpc) is 3.22. The van der Waals surface area contributed by atoms with E-state index in [1.807, 2.05) is 12.2 Å². The molecule has 9 heteroatoms. The Hall–Kier alpha value is -3.41. The Balaban J connectivity index is 2.38. The van der Waals surface area contributed by atoms with E-state index in [2.05, 4.69) is 117 Å². The second kappa shape index (κ2) is 39.1. The van der Waals surface area contributed by atoms with E-state index in [9.17, 15) is 25.2 Å². The van der Waals surface area contributed by atoms with Gasteiger partial charge in [0.05, 0.1) is 26.2 Å². The van der Waals surface area contributed by atoms with Crippen molar-refractivity contribution in [3.8, 4) is 0 Å². The van der Waals surface area contributed by atoms with Crippen LogP contribution in [0.25, 0.3) is 0 Å². The normalized spacial score (nSPS) is 21.5. The summed E-state index contributed by atoms with van der Waals surface area (Å²) in [7, 11) is 0. The van der Waals surface area contributed by atoms with Crippen molar-refractivity contribution in [2.75, 3.05) is 26.4 Å². The first-order valence-electron chi connectivity index (χ1n) is 21.6. The van der Waals surface area contributed by atoms with E-state index in [4.69, 9.17) is 18.9 Å². The number of aliphatic hydroxyl groups is 4. The van der Waals surface area contributed by atoms with Crippen molar-refractivity contribution in [1.82, 2.24) is 0 Å². The van der Waals surface area contributed by atoms with E-state index >= 15 is 0 Å². The molecule has 1 fully saturated rings. The first-order chi connectivity index (χ1) is 28.4. The number of unbranched alkanes of at least 4 members (excludes halogenated alkanes) is 4. The largest absolute Gasteiger partial charge is 0.457 e. The number of hydrogen-bond donors (Lipinski definition) is 4. The summed E-state index contributed by atoms with van der Waals surface area (Å²) in [6, 6.07) is 0. The van der Waals surface area contributed by atoms with Crippen molar-refractivity contribution < 1.29 is 44.2 Å². The van der Waals surface area contributed by atoms with Crippen LogP contribution in [0.3, 0.4) is 0 Å². The lowest BCUT2D eigenvalue weighted by Gasteiger charge is -2.39. The molecule has 0 aliphatic carbocycles. The lowest BCUT2D eigenvalue weighted by Crippen LogP contribution is -2.59. The molecule has 0 bridgehead atoms. The molecule has 1 saturated heterocycles. The van der Waals surface area contributed by atoms with Gasteiger partial charge in [0.15, 0.2) is 6.29 Å². The van der Waals surface area contributed by atoms with Crippen LogP contribution in [0.4, 0.5) is 0 Å². The molecule has 0 saturated carbocycles. The minimum Gasteiger partial charge on any atom is -0.457 e. The lowest BCUT2D eigenvalue weighted by atomic mass is 9.99. The molecule has 0 aromatic carbocycles. The van der Waals surface area contributed by atoms with Gasteiger partial charge in [0.25, 0.3) is 0 Å². The van der Waals surface area contributed by atoms with Crippen molar-refractivity contribution in [3.63, 3.8) is 0 Å². The van der Waals surface area contributed by atoms with Gasteiger partial charge >= 0.3 is 5.97 Å². The van der Waals surface area contributed by atoms with Gasteiger partial charge < -0.3 is 39.4 Å². The van der Waals surface area contributed by atoms with Crippen LogP contribution in [0, 0.1) is 0 Å². The lowest BCUT2D eigenvalue weighted by molar-refractivity contribution is -0.305. The molecule has 1 aliphatic rings. The second-order valence-electron chi connectivity index (χ2n) is 14.0. The van der Waals surface area contributed by atoms with Crippen molar-refractivity contribution in [1.29, 1.82) is 0 Å². The zero-order valence-corrected chi connectivity index (χ0v) is 35.5. The van der Waals surface area contributed by atoms with Gasteiger partial charge in [0.2, 0.25) is 0 Å². The maximum Gasteiger partial charge on any atom is 0.310 e. The molecule has 0 amide bonds. The summed E-state index contributed by atoms with van der Waals surface area (Å²) < 4.78 is 22.6. The first-order valence-corrected chi connectivity index (χ1v) is 21.6. The van der Waals surface area contributed by atoms with Gasteiger partial charge in [-0.25, -0.2) is 0 Å². The van der Waals surface area contributed by atoms with Crippen molar-refractivity contribution in [2.24, 2.45) is 0 Å². The van der Waals surface area contributed by atoms with Crippen LogP contribution in [0.15, 0.2) is 122 Å². The molecule has 9 nitrogen and oxygen atoms in total. The topological polar surface area (TPSA) is 135 Å². The van der Waals surface area contributed by atoms with E-state index < -0.39 is 49.4 Å². The van der Waals surface area contributed by atoms with Crippen LogP contribution in [-0.2, 0) is 23.7 Å². The van der Waals surface area contributed by atoms with Crippen LogP contribution in [0.1, 0.15) is 117 Å². The number of hydrogen-bond acceptors (Lipinski definition) is 9. The predicted molar refractivity (Wildman–Crippen MR) is 237 cm³/mol. The van der Waals surface area contributed by atoms with E-state index in [1.165, 1.54) is 0 Å². The minimum atomic E-state index is -1.57.